The number of benzene rings is 1. The number of hydrogen-bond donors (Lipinski definition) is 2. The van der Waals surface area contributed by atoms with Gasteiger partial charge in [0.1, 0.15) is 5.75 Å². The molecule has 126 valence electrons. The monoisotopic (exact) mass is 374 g/mol. The average molecular weight is 375 g/mol. The smallest absolute Gasteiger partial charge is 0.255 e. The predicted octanol–water partition coefficient (Wildman–Crippen LogP) is 4.08. The molecule has 23 heavy (non-hydrogen) atoms. The number of nitrogens with two attached hydrogens (primary N) is 1. The molecule has 0 bridgehead atoms. The largest absolute Gasteiger partial charge is 0.496 e. The molecule has 0 fully saturated rings. The van der Waals surface area contributed by atoms with Crippen molar-refractivity contribution in [1.82, 2.24) is 5.32 Å². The van der Waals surface area contributed by atoms with E-state index in [-0.39, 0.29) is 24.4 Å². The van der Waals surface area contributed by atoms with E-state index in [1.807, 2.05) is 6.92 Å². The highest BCUT2D eigenvalue weighted by Gasteiger charge is 2.17. The fourth-order valence-corrected chi connectivity index (χ4v) is 3.35. The van der Waals surface area contributed by atoms with Crippen LogP contribution in [0.1, 0.15) is 27.0 Å². The molecule has 3 N–H and O–H groups in total. The van der Waals surface area contributed by atoms with E-state index in [0.717, 1.165) is 6.42 Å². The van der Waals surface area contributed by atoms with Crippen LogP contribution in [0.2, 0.25) is 5.02 Å². The first-order chi connectivity index (χ1) is 10.4. The van der Waals surface area contributed by atoms with Crippen molar-refractivity contribution in [3.05, 3.63) is 44.6 Å². The molecule has 0 saturated heterocycles. The van der Waals surface area contributed by atoms with Crippen molar-refractivity contribution < 1.29 is 9.53 Å². The van der Waals surface area contributed by atoms with E-state index in [1.54, 1.807) is 17.4 Å². The van der Waals surface area contributed by atoms with Gasteiger partial charge in [-0.3, -0.25) is 4.79 Å². The van der Waals surface area contributed by atoms with Crippen molar-refractivity contribution in [2.24, 2.45) is 0 Å². The Bertz CT molecular complexity index is 689. The number of anilines is 1. The number of methoxy groups -OCH3 is 1. The highest BCUT2D eigenvalue weighted by molar-refractivity contribution is 7.11. The summed E-state index contributed by atoms with van der Waals surface area (Å²) in [5.74, 6) is 0.193. The third kappa shape index (κ3) is 5.03. The summed E-state index contributed by atoms with van der Waals surface area (Å²) >= 11 is 7.73. The van der Waals surface area contributed by atoms with Crippen LogP contribution < -0.4 is 15.8 Å². The van der Waals surface area contributed by atoms with Crippen molar-refractivity contribution in [2.45, 2.75) is 26.3 Å². The zero-order valence-electron chi connectivity index (χ0n) is 13.2. The first kappa shape index (κ1) is 19.6. The Balaban J connectivity index is 0.00000264. The molecule has 0 aliphatic heterocycles. The number of halogens is 2. The second-order valence-electron chi connectivity index (χ2n) is 5.16. The van der Waals surface area contributed by atoms with E-state index >= 15 is 0 Å². The Morgan fingerprint density at radius 1 is 1.43 bits per heavy atom. The fraction of sp³-hybridized carbons (Fsp3) is 0.312. The van der Waals surface area contributed by atoms with Crippen LogP contribution in [-0.2, 0) is 6.42 Å². The van der Waals surface area contributed by atoms with Gasteiger partial charge in [-0.15, -0.1) is 23.7 Å². The molecule has 0 aliphatic rings. The average Bonchev–Trinajstić information content (AvgIpc) is 2.86. The van der Waals surface area contributed by atoms with Gasteiger partial charge in [0.2, 0.25) is 0 Å². The van der Waals surface area contributed by atoms with Gasteiger partial charge in [-0.1, -0.05) is 11.6 Å². The SMILES string of the molecule is COc1cc(N)c(Cl)cc1C(=O)NC(C)Cc1ccc(C)s1.Cl. The fourth-order valence-electron chi connectivity index (χ4n) is 2.16. The summed E-state index contributed by atoms with van der Waals surface area (Å²) in [5.41, 5.74) is 6.50. The minimum Gasteiger partial charge on any atom is -0.496 e. The van der Waals surface area contributed by atoms with Crippen molar-refractivity contribution in [3.8, 4) is 5.75 Å². The summed E-state index contributed by atoms with van der Waals surface area (Å²) in [6, 6.07) is 7.27. The predicted molar refractivity (Wildman–Crippen MR) is 99.4 cm³/mol. The number of amides is 1. The van der Waals surface area contributed by atoms with E-state index in [4.69, 9.17) is 22.1 Å². The molecule has 0 saturated carbocycles. The maximum atomic E-state index is 12.4. The molecule has 1 amide bonds. The van der Waals surface area contributed by atoms with Crippen LogP contribution in [0.15, 0.2) is 24.3 Å². The van der Waals surface area contributed by atoms with Gasteiger partial charge in [-0.2, -0.15) is 0 Å². The molecule has 1 aromatic heterocycles. The summed E-state index contributed by atoms with van der Waals surface area (Å²) in [6.07, 6.45) is 0.787. The van der Waals surface area contributed by atoms with Gasteiger partial charge in [-0.25, -0.2) is 0 Å². The summed E-state index contributed by atoms with van der Waals surface area (Å²) in [6.45, 7) is 4.04. The molecule has 1 unspecified atom stereocenters. The maximum Gasteiger partial charge on any atom is 0.255 e. The molecule has 0 spiro atoms. The Hall–Kier alpha value is -1.43. The summed E-state index contributed by atoms with van der Waals surface area (Å²) in [4.78, 5) is 14.9. The molecule has 2 rings (SSSR count). The van der Waals surface area contributed by atoms with Gasteiger partial charge in [0.05, 0.1) is 23.4 Å². The Morgan fingerprint density at radius 2 is 2.13 bits per heavy atom. The summed E-state index contributed by atoms with van der Waals surface area (Å²) in [7, 11) is 1.50. The number of hydrogen-bond acceptors (Lipinski definition) is 4. The number of aryl methyl sites for hydroxylation is 1. The Kier molecular flexibility index (Phi) is 7.19. The molecule has 0 radical (unpaired) electrons. The number of carbonyl (C=O) groups excluding carboxylic acids is 1. The second kappa shape index (κ2) is 8.43. The van der Waals surface area contributed by atoms with Crippen LogP contribution in [0.5, 0.6) is 5.75 Å². The quantitative estimate of drug-likeness (QED) is 0.774. The molecule has 4 nitrogen and oxygen atoms in total. The van der Waals surface area contributed by atoms with E-state index in [2.05, 4.69) is 24.4 Å². The van der Waals surface area contributed by atoms with E-state index < -0.39 is 0 Å². The lowest BCUT2D eigenvalue weighted by Gasteiger charge is -2.15. The van der Waals surface area contributed by atoms with Crippen molar-refractivity contribution in [1.29, 1.82) is 0 Å². The number of carbonyl (C=O) groups is 1. The van der Waals surface area contributed by atoms with Crippen molar-refractivity contribution in [3.63, 3.8) is 0 Å². The number of thiophene rings is 1. The summed E-state index contributed by atoms with van der Waals surface area (Å²) in [5, 5.41) is 3.30. The van der Waals surface area contributed by atoms with Crippen molar-refractivity contribution in [2.75, 3.05) is 12.8 Å². The van der Waals surface area contributed by atoms with Gasteiger partial charge >= 0.3 is 0 Å². The lowest BCUT2D eigenvalue weighted by atomic mass is 10.1. The molecule has 1 atom stereocenters. The number of rotatable bonds is 5. The third-order valence-corrected chi connectivity index (χ3v) is 4.59. The molecule has 1 heterocycles. The maximum absolute atomic E-state index is 12.4. The van der Waals surface area contributed by atoms with E-state index in [9.17, 15) is 4.79 Å². The molecular formula is C16H20Cl2N2O2S. The van der Waals surface area contributed by atoms with Gasteiger partial charge < -0.3 is 15.8 Å². The minimum atomic E-state index is -0.223. The van der Waals surface area contributed by atoms with Gasteiger partial charge in [0.25, 0.3) is 5.91 Å². The number of ether oxygens (including phenoxy) is 1. The van der Waals surface area contributed by atoms with Crippen LogP contribution >= 0.6 is 35.3 Å². The molecular weight excluding hydrogens is 355 g/mol. The van der Waals surface area contributed by atoms with Crippen LogP contribution in [-0.4, -0.2) is 19.1 Å². The second-order valence-corrected chi connectivity index (χ2v) is 6.94. The van der Waals surface area contributed by atoms with Crippen molar-refractivity contribution >= 4 is 46.9 Å². The first-order valence-corrected chi connectivity index (χ1v) is 8.09. The Labute approximate surface area is 151 Å². The van der Waals surface area contributed by atoms with Gasteiger partial charge in [0, 0.05) is 28.3 Å². The number of nitrogen functional groups attached to an aromatic ring is 1. The lowest BCUT2D eigenvalue weighted by Crippen LogP contribution is -2.34. The molecule has 1 aromatic carbocycles. The zero-order chi connectivity index (χ0) is 16.3. The van der Waals surface area contributed by atoms with E-state index in [0.29, 0.717) is 22.0 Å². The lowest BCUT2D eigenvalue weighted by molar-refractivity contribution is 0.0937. The molecule has 0 aliphatic carbocycles. The van der Waals surface area contributed by atoms with Crippen LogP contribution in [0.25, 0.3) is 0 Å². The zero-order valence-corrected chi connectivity index (χ0v) is 15.6. The highest BCUT2D eigenvalue weighted by Crippen LogP contribution is 2.29. The van der Waals surface area contributed by atoms with Gasteiger partial charge in [-0.05, 0) is 32.0 Å². The minimum absolute atomic E-state index is 0. The van der Waals surface area contributed by atoms with Crippen LogP contribution in [0, 0.1) is 6.92 Å². The van der Waals surface area contributed by atoms with Crippen LogP contribution in [0.3, 0.4) is 0 Å². The summed E-state index contributed by atoms with van der Waals surface area (Å²) < 4.78 is 5.21. The normalized spacial score (nSPS) is 11.5. The van der Waals surface area contributed by atoms with Crippen LogP contribution in [0.4, 0.5) is 5.69 Å². The third-order valence-electron chi connectivity index (χ3n) is 3.24. The number of nitrogens with one attached hydrogen (secondary N) is 1. The highest BCUT2D eigenvalue weighted by atomic mass is 35.5. The molecule has 2 aromatic rings. The topological polar surface area (TPSA) is 64.3 Å². The first-order valence-electron chi connectivity index (χ1n) is 6.90. The standard InChI is InChI=1S/C16H19ClN2O2S.ClH/c1-9(6-11-5-4-10(2)22-11)19-16(20)12-7-13(17)14(18)8-15(12)21-3;/h4-5,7-9H,6,18H2,1-3H3,(H,19,20);1H. The Morgan fingerprint density at radius 3 is 2.70 bits per heavy atom. The molecule has 7 heteroatoms. The van der Waals surface area contributed by atoms with Gasteiger partial charge in [0.15, 0.2) is 0 Å². The van der Waals surface area contributed by atoms with E-state index in [1.165, 1.54) is 22.9 Å².